The molecule has 136 valence electrons. The van der Waals surface area contributed by atoms with Crippen LogP contribution in [0.2, 0.25) is 5.02 Å². The number of para-hydroxylation sites is 1. The number of amides is 1. The second-order valence-corrected chi connectivity index (χ2v) is 6.66. The van der Waals surface area contributed by atoms with E-state index < -0.39 is 0 Å². The molecule has 1 aliphatic rings. The number of guanidine groups is 1. The quantitative estimate of drug-likeness (QED) is 0.559. The van der Waals surface area contributed by atoms with E-state index in [9.17, 15) is 4.79 Å². The number of anilines is 1. The Bertz CT molecular complexity index is 806. The Kier molecular flexibility index (Phi) is 6.12. The molecule has 0 aliphatic carbocycles. The first-order valence-electron chi connectivity index (χ1n) is 8.74. The first-order chi connectivity index (χ1) is 12.7. The molecule has 0 radical (unpaired) electrons. The Morgan fingerprint density at radius 2 is 1.96 bits per heavy atom. The van der Waals surface area contributed by atoms with Crippen molar-refractivity contribution < 1.29 is 4.79 Å². The molecule has 1 amide bonds. The van der Waals surface area contributed by atoms with E-state index in [-0.39, 0.29) is 11.8 Å². The zero-order chi connectivity index (χ0) is 18.4. The second-order valence-electron chi connectivity index (χ2n) is 6.26. The van der Waals surface area contributed by atoms with Crippen LogP contribution in [0.3, 0.4) is 0 Å². The monoisotopic (exact) mass is 370 g/mol. The number of halogens is 1. The summed E-state index contributed by atoms with van der Waals surface area (Å²) in [7, 11) is 1.74. The van der Waals surface area contributed by atoms with Gasteiger partial charge in [-0.1, -0.05) is 48.0 Å². The van der Waals surface area contributed by atoms with Gasteiger partial charge in [-0.2, -0.15) is 0 Å². The Hall–Kier alpha value is -2.53. The molecule has 1 atom stereocenters. The Morgan fingerprint density at radius 1 is 1.19 bits per heavy atom. The summed E-state index contributed by atoms with van der Waals surface area (Å²) in [5.74, 6) is 0.903. The van der Waals surface area contributed by atoms with E-state index in [4.69, 9.17) is 11.6 Å². The fourth-order valence-electron chi connectivity index (χ4n) is 3.14. The van der Waals surface area contributed by atoms with Crippen LogP contribution in [0.15, 0.2) is 53.5 Å². The van der Waals surface area contributed by atoms with Crippen molar-refractivity contribution in [2.45, 2.75) is 18.8 Å². The van der Waals surface area contributed by atoms with Crippen LogP contribution in [0, 0.1) is 0 Å². The summed E-state index contributed by atoms with van der Waals surface area (Å²) in [6.45, 7) is 1.38. The molecule has 0 aromatic heterocycles. The van der Waals surface area contributed by atoms with Gasteiger partial charge in [-0.05, 0) is 29.7 Å². The van der Waals surface area contributed by atoms with Crippen LogP contribution in [0.4, 0.5) is 5.69 Å². The molecule has 6 heteroatoms. The summed E-state index contributed by atoms with van der Waals surface area (Å²) >= 11 is 6.19. The first-order valence-corrected chi connectivity index (χ1v) is 9.12. The number of carbonyl (C=O) groups is 1. The molecule has 1 heterocycles. The Labute approximate surface area is 158 Å². The van der Waals surface area contributed by atoms with Gasteiger partial charge in [0.1, 0.15) is 0 Å². The first kappa shape index (κ1) is 18.3. The van der Waals surface area contributed by atoms with E-state index in [1.165, 1.54) is 0 Å². The van der Waals surface area contributed by atoms with Crippen LogP contribution in [-0.4, -0.2) is 32.0 Å². The summed E-state index contributed by atoms with van der Waals surface area (Å²) in [6, 6.07) is 15.8. The molecule has 1 unspecified atom stereocenters. The number of hydrogen-bond donors (Lipinski definition) is 3. The van der Waals surface area contributed by atoms with Gasteiger partial charge in [0.15, 0.2) is 5.96 Å². The third kappa shape index (κ3) is 4.55. The molecule has 2 aromatic rings. The van der Waals surface area contributed by atoms with Gasteiger partial charge < -0.3 is 16.0 Å². The molecular weight excluding hydrogens is 348 g/mol. The van der Waals surface area contributed by atoms with Crippen LogP contribution in [0.1, 0.15) is 23.5 Å². The highest BCUT2D eigenvalue weighted by atomic mass is 35.5. The van der Waals surface area contributed by atoms with E-state index in [0.29, 0.717) is 13.0 Å². The maximum Gasteiger partial charge on any atom is 0.225 e. The number of nitrogens with zero attached hydrogens (tertiary/aromatic N) is 1. The molecule has 0 fully saturated rings. The standard InChI is InChI=1S/C20H23ClN4O/c1-22-20(23-11-10-14-6-2-4-8-17(14)21)24-13-15-12-19(26)25-18-9-5-3-7-16(15)18/h2-9,15H,10-13H2,1H3,(H,25,26)(H2,22,23,24). The Balaban J connectivity index is 1.53. The maximum atomic E-state index is 11.9. The fraction of sp³-hybridized carbons (Fsp3) is 0.300. The number of fused-ring (bicyclic) bond motifs is 1. The van der Waals surface area contributed by atoms with E-state index >= 15 is 0 Å². The zero-order valence-corrected chi connectivity index (χ0v) is 15.5. The lowest BCUT2D eigenvalue weighted by Gasteiger charge is -2.26. The van der Waals surface area contributed by atoms with E-state index in [2.05, 4.69) is 27.0 Å². The summed E-state index contributed by atoms with van der Waals surface area (Å²) in [5.41, 5.74) is 3.17. The summed E-state index contributed by atoms with van der Waals surface area (Å²) in [6.07, 6.45) is 1.29. The molecule has 1 aliphatic heterocycles. The van der Waals surface area contributed by atoms with Gasteiger partial charge in [-0.3, -0.25) is 9.79 Å². The van der Waals surface area contributed by atoms with Crippen molar-refractivity contribution >= 4 is 29.2 Å². The van der Waals surface area contributed by atoms with Gasteiger partial charge in [0.2, 0.25) is 5.91 Å². The molecule has 0 saturated carbocycles. The molecule has 26 heavy (non-hydrogen) atoms. The summed E-state index contributed by atoms with van der Waals surface area (Å²) in [5, 5.41) is 10.3. The second kappa shape index (κ2) is 8.72. The highest BCUT2D eigenvalue weighted by molar-refractivity contribution is 6.31. The van der Waals surface area contributed by atoms with Gasteiger partial charge in [-0.25, -0.2) is 0 Å². The topological polar surface area (TPSA) is 65.5 Å². The Morgan fingerprint density at radius 3 is 2.77 bits per heavy atom. The van der Waals surface area contributed by atoms with E-state index in [0.717, 1.165) is 40.8 Å². The number of hydrogen-bond acceptors (Lipinski definition) is 2. The minimum Gasteiger partial charge on any atom is -0.356 e. The van der Waals surface area contributed by atoms with E-state index in [1.54, 1.807) is 7.05 Å². The summed E-state index contributed by atoms with van der Waals surface area (Å²) < 4.78 is 0. The third-order valence-electron chi connectivity index (χ3n) is 4.49. The van der Waals surface area contributed by atoms with Crippen LogP contribution in [0.25, 0.3) is 0 Å². The van der Waals surface area contributed by atoms with Gasteiger partial charge in [0.25, 0.3) is 0 Å². The van der Waals surface area contributed by atoms with Crippen molar-refractivity contribution in [1.82, 2.24) is 10.6 Å². The lowest BCUT2D eigenvalue weighted by Crippen LogP contribution is -2.41. The average Bonchev–Trinajstić information content (AvgIpc) is 2.65. The highest BCUT2D eigenvalue weighted by Crippen LogP contribution is 2.31. The molecule has 2 aromatic carbocycles. The average molecular weight is 371 g/mol. The number of benzene rings is 2. The molecule has 0 bridgehead atoms. The lowest BCUT2D eigenvalue weighted by molar-refractivity contribution is -0.116. The van der Waals surface area contributed by atoms with Gasteiger partial charge >= 0.3 is 0 Å². The number of carbonyl (C=O) groups excluding carboxylic acids is 1. The van der Waals surface area contributed by atoms with Crippen molar-refractivity contribution in [2.75, 3.05) is 25.5 Å². The lowest BCUT2D eigenvalue weighted by atomic mass is 9.90. The molecular formula is C20H23ClN4O. The minimum atomic E-state index is 0.0529. The summed E-state index contributed by atoms with van der Waals surface area (Å²) in [4.78, 5) is 16.2. The van der Waals surface area contributed by atoms with Crippen LogP contribution < -0.4 is 16.0 Å². The fourth-order valence-corrected chi connectivity index (χ4v) is 3.37. The van der Waals surface area contributed by atoms with Gasteiger partial charge in [-0.15, -0.1) is 0 Å². The number of nitrogens with one attached hydrogen (secondary N) is 3. The van der Waals surface area contributed by atoms with Crippen LogP contribution in [0.5, 0.6) is 0 Å². The zero-order valence-electron chi connectivity index (χ0n) is 14.8. The SMILES string of the molecule is CN=C(NCCc1ccccc1Cl)NCC1CC(=O)Nc2ccccc21. The van der Waals surface area contributed by atoms with Crippen molar-refractivity contribution in [2.24, 2.45) is 4.99 Å². The maximum absolute atomic E-state index is 11.9. The predicted octanol–water partition coefficient (Wildman–Crippen LogP) is 3.17. The van der Waals surface area contributed by atoms with Crippen molar-refractivity contribution in [3.63, 3.8) is 0 Å². The molecule has 0 spiro atoms. The normalized spacial score (nSPS) is 16.6. The molecule has 5 nitrogen and oxygen atoms in total. The van der Waals surface area contributed by atoms with Crippen molar-refractivity contribution in [1.29, 1.82) is 0 Å². The molecule has 3 N–H and O–H groups in total. The van der Waals surface area contributed by atoms with Crippen molar-refractivity contribution in [3.8, 4) is 0 Å². The minimum absolute atomic E-state index is 0.0529. The van der Waals surface area contributed by atoms with Gasteiger partial charge in [0, 0.05) is 43.2 Å². The largest absolute Gasteiger partial charge is 0.356 e. The molecule has 3 rings (SSSR count). The third-order valence-corrected chi connectivity index (χ3v) is 4.86. The van der Waals surface area contributed by atoms with Crippen LogP contribution >= 0.6 is 11.6 Å². The van der Waals surface area contributed by atoms with E-state index in [1.807, 2.05) is 42.5 Å². The van der Waals surface area contributed by atoms with Crippen molar-refractivity contribution in [3.05, 3.63) is 64.7 Å². The van der Waals surface area contributed by atoms with Crippen LogP contribution in [-0.2, 0) is 11.2 Å². The highest BCUT2D eigenvalue weighted by Gasteiger charge is 2.24. The number of rotatable bonds is 5. The van der Waals surface area contributed by atoms with Gasteiger partial charge in [0.05, 0.1) is 0 Å². The number of aliphatic imine (C=N–C) groups is 1. The smallest absolute Gasteiger partial charge is 0.225 e. The molecule has 0 saturated heterocycles. The predicted molar refractivity (Wildman–Crippen MR) is 107 cm³/mol.